The molecule has 2 aromatic carbocycles. The highest BCUT2D eigenvalue weighted by Crippen LogP contribution is 2.27. The molecule has 0 radical (unpaired) electrons. The van der Waals surface area contributed by atoms with Crippen LogP contribution in [-0.4, -0.2) is 5.97 Å². The first-order valence-electron chi connectivity index (χ1n) is 8.81. The van der Waals surface area contributed by atoms with Crippen LogP contribution in [0.15, 0.2) is 51.7 Å². The summed E-state index contributed by atoms with van der Waals surface area (Å²) in [6.07, 6.45) is 0.146. The number of rotatable bonds is 5. The van der Waals surface area contributed by atoms with E-state index < -0.39 is 5.63 Å². The summed E-state index contributed by atoms with van der Waals surface area (Å²) in [6, 6.07) is 12.3. The number of hydrogen-bond donors (Lipinski definition) is 0. The number of ether oxygens (including phenoxy) is 1. The molecule has 4 nitrogen and oxygen atoms in total. The number of benzene rings is 2. The summed E-state index contributed by atoms with van der Waals surface area (Å²) < 4.78 is 10.7. The summed E-state index contributed by atoms with van der Waals surface area (Å²) in [4.78, 5) is 24.0. The standard InChI is InChI=1S/C22H21ClO4/c1-13(2)18-11-19-16(10-22(25)27-20(19)8-14(18)3)12-26-21(24)9-15-4-6-17(23)7-5-15/h4-8,10-11,13H,9,12H2,1-3H3. The van der Waals surface area contributed by atoms with Crippen molar-refractivity contribution in [3.8, 4) is 0 Å². The monoisotopic (exact) mass is 384 g/mol. The maximum Gasteiger partial charge on any atom is 0.336 e. The van der Waals surface area contributed by atoms with Gasteiger partial charge >= 0.3 is 11.6 Å². The minimum absolute atomic E-state index is 0.0229. The average Bonchev–Trinajstić information content (AvgIpc) is 2.60. The van der Waals surface area contributed by atoms with Crippen LogP contribution in [-0.2, 0) is 22.6 Å². The van der Waals surface area contributed by atoms with Gasteiger partial charge in [0, 0.05) is 22.0 Å². The quantitative estimate of drug-likeness (QED) is 0.450. The molecule has 0 atom stereocenters. The van der Waals surface area contributed by atoms with E-state index in [2.05, 4.69) is 13.8 Å². The van der Waals surface area contributed by atoms with E-state index in [1.807, 2.05) is 19.1 Å². The Hall–Kier alpha value is -2.59. The lowest BCUT2D eigenvalue weighted by Crippen LogP contribution is -2.10. The van der Waals surface area contributed by atoms with E-state index in [4.69, 9.17) is 20.8 Å². The van der Waals surface area contributed by atoms with Crippen molar-refractivity contribution in [2.24, 2.45) is 0 Å². The Morgan fingerprint density at radius 3 is 2.52 bits per heavy atom. The minimum atomic E-state index is -0.456. The Kier molecular flexibility index (Phi) is 5.66. The van der Waals surface area contributed by atoms with Crippen LogP contribution in [0.5, 0.6) is 0 Å². The van der Waals surface area contributed by atoms with E-state index in [1.54, 1.807) is 24.3 Å². The van der Waals surface area contributed by atoms with Crippen molar-refractivity contribution in [1.29, 1.82) is 0 Å². The lowest BCUT2D eigenvalue weighted by Gasteiger charge is -2.13. The fraction of sp³-hybridized carbons (Fsp3) is 0.273. The van der Waals surface area contributed by atoms with E-state index in [0.717, 1.165) is 16.5 Å². The van der Waals surface area contributed by atoms with E-state index in [-0.39, 0.29) is 19.0 Å². The fourth-order valence-corrected chi connectivity index (χ4v) is 3.24. The van der Waals surface area contributed by atoms with E-state index in [1.165, 1.54) is 11.6 Å². The van der Waals surface area contributed by atoms with Crippen molar-refractivity contribution in [3.05, 3.63) is 80.2 Å². The van der Waals surface area contributed by atoms with Gasteiger partial charge in [-0.15, -0.1) is 0 Å². The third-order valence-corrected chi connectivity index (χ3v) is 4.74. The van der Waals surface area contributed by atoms with Gasteiger partial charge in [-0.1, -0.05) is 37.6 Å². The highest BCUT2D eigenvalue weighted by molar-refractivity contribution is 6.30. The molecule has 0 aliphatic rings. The van der Waals surface area contributed by atoms with Crippen molar-refractivity contribution >= 4 is 28.5 Å². The Morgan fingerprint density at radius 2 is 1.85 bits per heavy atom. The van der Waals surface area contributed by atoms with Gasteiger partial charge in [-0.2, -0.15) is 0 Å². The molecule has 140 valence electrons. The van der Waals surface area contributed by atoms with Crippen molar-refractivity contribution in [2.75, 3.05) is 0 Å². The molecule has 1 heterocycles. The summed E-state index contributed by atoms with van der Waals surface area (Å²) in [5.41, 5.74) is 3.76. The second kappa shape index (κ2) is 7.97. The molecule has 0 aliphatic heterocycles. The zero-order valence-electron chi connectivity index (χ0n) is 15.5. The molecule has 0 bridgehead atoms. The van der Waals surface area contributed by atoms with Crippen LogP contribution >= 0.6 is 11.6 Å². The highest BCUT2D eigenvalue weighted by atomic mass is 35.5. The second-order valence-corrected chi connectivity index (χ2v) is 7.35. The second-order valence-electron chi connectivity index (χ2n) is 6.91. The van der Waals surface area contributed by atoms with Gasteiger partial charge in [-0.3, -0.25) is 4.79 Å². The predicted molar refractivity (Wildman–Crippen MR) is 106 cm³/mol. The van der Waals surface area contributed by atoms with Crippen molar-refractivity contribution < 1.29 is 13.9 Å². The van der Waals surface area contributed by atoms with Gasteiger partial charge in [0.25, 0.3) is 0 Å². The molecule has 0 aliphatic carbocycles. The van der Waals surface area contributed by atoms with Crippen LogP contribution < -0.4 is 5.63 Å². The van der Waals surface area contributed by atoms with Gasteiger partial charge in [0.1, 0.15) is 12.2 Å². The third kappa shape index (κ3) is 4.58. The first-order chi connectivity index (χ1) is 12.8. The Labute approximate surface area is 162 Å². The zero-order valence-corrected chi connectivity index (χ0v) is 16.3. The summed E-state index contributed by atoms with van der Waals surface area (Å²) in [7, 11) is 0. The lowest BCUT2D eigenvalue weighted by molar-refractivity contribution is -0.144. The van der Waals surface area contributed by atoms with Crippen LogP contribution in [0.4, 0.5) is 0 Å². The Balaban J connectivity index is 1.83. The van der Waals surface area contributed by atoms with Crippen molar-refractivity contribution in [2.45, 2.75) is 39.7 Å². The molecule has 1 aromatic heterocycles. The first-order valence-corrected chi connectivity index (χ1v) is 9.18. The van der Waals surface area contributed by atoms with Crippen LogP contribution in [0.3, 0.4) is 0 Å². The number of fused-ring (bicyclic) bond motifs is 1. The molecule has 27 heavy (non-hydrogen) atoms. The van der Waals surface area contributed by atoms with Gasteiger partial charge < -0.3 is 9.15 Å². The van der Waals surface area contributed by atoms with Gasteiger partial charge in [-0.25, -0.2) is 4.79 Å². The number of aryl methyl sites for hydroxylation is 1. The van der Waals surface area contributed by atoms with Crippen LogP contribution in [0, 0.1) is 6.92 Å². The van der Waals surface area contributed by atoms with E-state index >= 15 is 0 Å². The summed E-state index contributed by atoms with van der Waals surface area (Å²) >= 11 is 5.85. The number of halogens is 1. The molecule has 0 N–H and O–H groups in total. The van der Waals surface area contributed by atoms with Gasteiger partial charge in [0.05, 0.1) is 6.42 Å². The zero-order chi connectivity index (χ0) is 19.6. The minimum Gasteiger partial charge on any atom is -0.461 e. The third-order valence-electron chi connectivity index (χ3n) is 4.49. The largest absolute Gasteiger partial charge is 0.461 e. The smallest absolute Gasteiger partial charge is 0.336 e. The highest BCUT2D eigenvalue weighted by Gasteiger charge is 2.13. The van der Waals surface area contributed by atoms with Gasteiger partial charge in [0.15, 0.2) is 0 Å². The molecule has 5 heteroatoms. The summed E-state index contributed by atoms with van der Waals surface area (Å²) in [5, 5.41) is 1.41. The van der Waals surface area contributed by atoms with E-state index in [0.29, 0.717) is 22.1 Å². The molecule has 3 rings (SSSR count). The normalized spacial score (nSPS) is 11.1. The average molecular weight is 385 g/mol. The molecule has 0 unspecified atom stereocenters. The van der Waals surface area contributed by atoms with Crippen molar-refractivity contribution in [3.63, 3.8) is 0 Å². The Morgan fingerprint density at radius 1 is 1.15 bits per heavy atom. The van der Waals surface area contributed by atoms with Crippen LogP contribution in [0.1, 0.15) is 42.0 Å². The maximum absolute atomic E-state index is 12.2. The summed E-state index contributed by atoms with van der Waals surface area (Å²) in [6.45, 7) is 6.24. The van der Waals surface area contributed by atoms with Crippen LogP contribution in [0.2, 0.25) is 5.02 Å². The Bertz CT molecular complexity index is 1030. The van der Waals surface area contributed by atoms with E-state index in [9.17, 15) is 9.59 Å². The van der Waals surface area contributed by atoms with Gasteiger partial charge in [0.2, 0.25) is 0 Å². The summed E-state index contributed by atoms with van der Waals surface area (Å²) in [5.74, 6) is -0.0310. The predicted octanol–water partition coefficient (Wildman–Crippen LogP) is 5.16. The molecule has 0 amide bonds. The number of carbonyl (C=O) groups excluding carboxylic acids is 1. The number of esters is 1. The van der Waals surface area contributed by atoms with Crippen LogP contribution in [0.25, 0.3) is 11.0 Å². The SMILES string of the molecule is Cc1cc2oc(=O)cc(COC(=O)Cc3ccc(Cl)cc3)c2cc1C(C)C. The molecule has 0 saturated heterocycles. The van der Waals surface area contributed by atoms with Crippen molar-refractivity contribution in [1.82, 2.24) is 0 Å². The molecular formula is C22H21ClO4. The molecule has 0 saturated carbocycles. The molecule has 3 aromatic rings. The first kappa shape index (κ1) is 19.2. The number of hydrogen-bond acceptors (Lipinski definition) is 4. The molecule has 0 fully saturated rings. The lowest BCUT2D eigenvalue weighted by atomic mass is 9.95. The number of carbonyl (C=O) groups is 1. The molecule has 0 spiro atoms. The molecular weight excluding hydrogens is 364 g/mol. The maximum atomic E-state index is 12.2. The topological polar surface area (TPSA) is 56.5 Å². The fourth-order valence-electron chi connectivity index (χ4n) is 3.11. The van der Waals surface area contributed by atoms with Gasteiger partial charge in [-0.05, 0) is 53.8 Å².